The molecule has 0 saturated heterocycles. The minimum absolute atomic E-state index is 0.0258. The van der Waals surface area contributed by atoms with Gasteiger partial charge in [0.05, 0.1) is 4.88 Å². The lowest BCUT2D eigenvalue weighted by atomic mass is 9.86. The largest absolute Gasteiger partial charge is 0.328 e. The summed E-state index contributed by atoms with van der Waals surface area (Å²) in [7, 11) is 0. The van der Waals surface area contributed by atoms with E-state index < -0.39 is 0 Å². The highest BCUT2D eigenvalue weighted by Crippen LogP contribution is 2.30. The first-order valence-corrected chi connectivity index (χ1v) is 8.12. The first-order chi connectivity index (χ1) is 10.2. The third-order valence-corrected chi connectivity index (χ3v) is 4.84. The van der Waals surface area contributed by atoms with E-state index in [0.29, 0.717) is 5.13 Å². The molecule has 1 amide bonds. The van der Waals surface area contributed by atoms with Gasteiger partial charge < -0.3 is 11.1 Å². The Morgan fingerprint density at radius 3 is 2.86 bits per heavy atom. The number of aromatic nitrogens is 1. The van der Waals surface area contributed by atoms with Gasteiger partial charge in [-0.25, -0.2) is 4.98 Å². The molecule has 1 aromatic heterocycles. The van der Waals surface area contributed by atoms with Crippen molar-refractivity contribution < 1.29 is 4.79 Å². The molecule has 0 spiro atoms. The van der Waals surface area contributed by atoms with E-state index in [1.165, 1.54) is 11.3 Å². The number of hydrogen-bond donors (Lipinski definition) is 2. The van der Waals surface area contributed by atoms with E-state index >= 15 is 0 Å². The van der Waals surface area contributed by atoms with Crippen molar-refractivity contribution in [2.24, 2.45) is 11.7 Å². The summed E-state index contributed by atoms with van der Waals surface area (Å²) in [6.45, 7) is 0. The van der Waals surface area contributed by atoms with Crippen LogP contribution in [0.5, 0.6) is 0 Å². The van der Waals surface area contributed by atoms with Crippen LogP contribution in [0.1, 0.15) is 25.7 Å². The summed E-state index contributed by atoms with van der Waals surface area (Å²) in [4.78, 5) is 17.6. The van der Waals surface area contributed by atoms with Crippen LogP contribution in [0, 0.1) is 5.92 Å². The van der Waals surface area contributed by atoms with Crippen molar-refractivity contribution in [3.63, 3.8) is 0 Å². The molecule has 1 aliphatic carbocycles. The highest BCUT2D eigenvalue weighted by atomic mass is 32.1. The molecule has 1 aliphatic rings. The predicted molar refractivity (Wildman–Crippen MR) is 86.1 cm³/mol. The average molecular weight is 301 g/mol. The number of nitrogens with two attached hydrogens (primary N) is 1. The van der Waals surface area contributed by atoms with E-state index in [1.54, 1.807) is 0 Å². The Morgan fingerprint density at radius 1 is 1.29 bits per heavy atom. The maximum Gasteiger partial charge on any atom is 0.229 e. The predicted octanol–water partition coefficient (Wildman–Crippen LogP) is 3.27. The summed E-state index contributed by atoms with van der Waals surface area (Å²) in [5.41, 5.74) is 7.06. The molecular weight excluding hydrogens is 282 g/mol. The zero-order chi connectivity index (χ0) is 14.7. The van der Waals surface area contributed by atoms with Crippen LogP contribution in [0.3, 0.4) is 0 Å². The molecule has 1 aromatic carbocycles. The second kappa shape index (κ2) is 6.37. The van der Waals surface area contributed by atoms with Gasteiger partial charge in [0.15, 0.2) is 5.13 Å². The molecular formula is C16H19N3OS. The van der Waals surface area contributed by atoms with Crippen LogP contribution in [-0.4, -0.2) is 16.9 Å². The summed E-state index contributed by atoms with van der Waals surface area (Å²) in [6, 6.07) is 10.2. The van der Waals surface area contributed by atoms with Crippen molar-refractivity contribution in [2.45, 2.75) is 31.7 Å². The van der Waals surface area contributed by atoms with Crippen LogP contribution < -0.4 is 11.1 Å². The Bertz CT molecular complexity index is 611. The Hall–Kier alpha value is -1.72. The monoisotopic (exact) mass is 301 g/mol. The summed E-state index contributed by atoms with van der Waals surface area (Å²) >= 11 is 1.50. The van der Waals surface area contributed by atoms with Crippen LogP contribution >= 0.6 is 11.3 Å². The Balaban J connectivity index is 1.66. The molecule has 1 heterocycles. The van der Waals surface area contributed by atoms with Crippen LogP contribution in [-0.2, 0) is 4.79 Å². The van der Waals surface area contributed by atoms with Gasteiger partial charge in [-0.05, 0) is 24.8 Å². The maximum atomic E-state index is 12.3. The van der Waals surface area contributed by atoms with Crippen molar-refractivity contribution >= 4 is 22.4 Å². The topological polar surface area (TPSA) is 68.0 Å². The highest BCUT2D eigenvalue weighted by molar-refractivity contribution is 7.19. The molecule has 3 rings (SSSR count). The number of anilines is 1. The van der Waals surface area contributed by atoms with E-state index in [2.05, 4.69) is 10.3 Å². The van der Waals surface area contributed by atoms with Gasteiger partial charge in [-0.1, -0.05) is 48.1 Å². The van der Waals surface area contributed by atoms with E-state index in [-0.39, 0.29) is 17.9 Å². The first kappa shape index (κ1) is 14.2. The summed E-state index contributed by atoms with van der Waals surface area (Å²) in [5.74, 6) is 0.0805. The number of nitrogens with one attached hydrogen (secondary N) is 1. The van der Waals surface area contributed by atoms with Gasteiger partial charge in [0, 0.05) is 18.2 Å². The van der Waals surface area contributed by atoms with Gasteiger partial charge in [-0.2, -0.15) is 0 Å². The van der Waals surface area contributed by atoms with Gasteiger partial charge >= 0.3 is 0 Å². The van der Waals surface area contributed by atoms with Crippen molar-refractivity contribution in [2.75, 3.05) is 5.32 Å². The van der Waals surface area contributed by atoms with E-state index in [0.717, 1.165) is 36.1 Å². The molecule has 0 aliphatic heterocycles. The lowest BCUT2D eigenvalue weighted by Gasteiger charge is -2.25. The molecule has 21 heavy (non-hydrogen) atoms. The average Bonchev–Trinajstić information content (AvgIpc) is 2.97. The number of benzene rings is 1. The SMILES string of the molecule is NC1CCCC(C(=O)Nc2ncc(-c3ccccc3)s2)C1. The zero-order valence-corrected chi connectivity index (χ0v) is 12.6. The third kappa shape index (κ3) is 3.49. The standard InChI is InChI=1S/C16H19N3OS/c17-13-8-4-7-12(9-13)15(20)19-16-18-10-14(21-16)11-5-2-1-3-6-11/h1-3,5-6,10,12-13H,4,7-9,17H2,(H,18,19,20). The minimum atomic E-state index is 0.0258. The van der Waals surface area contributed by atoms with Gasteiger partial charge in [0.25, 0.3) is 0 Å². The van der Waals surface area contributed by atoms with E-state index in [1.807, 2.05) is 36.5 Å². The maximum absolute atomic E-state index is 12.3. The van der Waals surface area contributed by atoms with Crippen LogP contribution in [0.4, 0.5) is 5.13 Å². The molecule has 1 saturated carbocycles. The molecule has 0 bridgehead atoms. The molecule has 5 heteroatoms. The second-order valence-electron chi connectivity index (χ2n) is 5.51. The number of amides is 1. The number of rotatable bonds is 3. The fourth-order valence-electron chi connectivity index (χ4n) is 2.74. The minimum Gasteiger partial charge on any atom is -0.328 e. The number of hydrogen-bond acceptors (Lipinski definition) is 4. The number of carbonyl (C=O) groups excluding carboxylic acids is 1. The zero-order valence-electron chi connectivity index (χ0n) is 11.8. The van der Waals surface area contributed by atoms with Crippen molar-refractivity contribution in [3.05, 3.63) is 36.5 Å². The normalized spacial score (nSPS) is 22.0. The van der Waals surface area contributed by atoms with Crippen molar-refractivity contribution in [1.29, 1.82) is 0 Å². The highest BCUT2D eigenvalue weighted by Gasteiger charge is 2.25. The fourth-order valence-corrected chi connectivity index (χ4v) is 3.57. The van der Waals surface area contributed by atoms with Gasteiger partial charge in [0.1, 0.15) is 0 Å². The molecule has 2 aromatic rings. The molecule has 2 unspecified atom stereocenters. The van der Waals surface area contributed by atoms with Gasteiger partial charge in [-0.3, -0.25) is 4.79 Å². The number of thiazole rings is 1. The lowest BCUT2D eigenvalue weighted by Crippen LogP contribution is -2.34. The molecule has 2 atom stereocenters. The summed E-state index contributed by atoms with van der Waals surface area (Å²) in [6.07, 6.45) is 5.58. The first-order valence-electron chi connectivity index (χ1n) is 7.30. The van der Waals surface area contributed by atoms with E-state index in [4.69, 9.17) is 5.73 Å². The van der Waals surface area contributed by atoms with E-state index in [9.17, 15) is 4.79 Å². The second-order valence-corrected chi connectivity index (χ2v) is 6.54. The molecule has 110 valence electrons. The molecule has 1 fully saturated rings. The van der Waals surface area contributed by atoms with Crippen LogP contribution in [0.2, 0.25) is 0 Å². The van der Waals surface area contributed by atoms with Gasteiger partial charge in [-0.15, -0.1) is 0 Å². The number of nitrogens with zero attached hydrogens (tertiary/aromatic N) is 1. The Kier molecular flexibility index (Phi) is 4.31. The molecule has 4 nitrogen and oxygen atoms in total. The molecule has 3 N–H and O–H groups in total. The van der Waals surface area contributed by atoms with Gasteiger partial charge in [0.2, 0.25) is 5.91 Å². The van der Waals surface area contributed by atoms with Crippen LogP contribution in [0.15, 0.2) is 36.5 Å². The lowest BCUT2D eigenvalue weighted by molar-refractivity contribution is -0.120. The fraction of sp³-hybridized carbons (Fsp3) is 0.375. The Labute approximate surface area is 128 Å². The Morgan fingerprint density at radius 2 is 2.10 bits per heavy atom. The van der Waals surface area contributed by atoms with Crippen molar-refractivity contribution in [3.8, 4) is 10.4 Å². The molecule has 0 radical (unpaired) electrons. The number of carbonyl (C=O) groups is 1. The van der Waals surface area contributed by atoms with Crippen molar-refractivity contribution in [1.82, 2.24) is 4.98 Å². The van der Waals surface area contributed by atoms with Crippen LogP contribution in [0.25, 0.3) is 10.4 Å². The smallest absolute Gasteiger partial charge is 0.229 e. The quantitative estimate of drug-likeness (QED) is 0.914. The summed E-state index contributed by atoms with van der Waals surface area (Å²) in [5, 5.41) is 3.60. The summed E-state index contributed by atoms with van der Waals surface area (Å²) < 4.78 is 0. The third-order valence-electron chi connectivity index (χ3n) is 3.88.